The van der Waals surface area contributed by atoms with Crippen LogP contribution in [0.3, 0.4) is 0 Å². The zero-order chi connectivity index (χ0) is 20.5. The van der Waals surface area contributed by atoms with E-state index in [2.05, 4.69) is 93.7 Å². The van der Waals surface area contributed by atoms with Crippen molar-refractivity contribution in [1.82, 2.24) is 4.98 Å². The lowest BCUT2D eigenvalue weighted by atomic mass is 9.85. The van der Waals surface area contributed by atoms with Gasteiger partial charge in [0.15, 0.2) is 5.52 Å². The second-order valence-corrected chi connectivity index (χ2v) is 9.63. The molecule has 0 spiro atoms. The lowest BCUT2D eigenvalue weighted by Gasteiger charge is -2.31. The Hall–Kier alpha value is -2.94. The van der Waals surface area contributed by atoms with Crippen LogP contribution >= 0.6 is 0 Å². The Kier molecular flexibility index (Phi) is 3.76. The summed E-state index contributed by atoms with van der Waals surface area (Å²) in [6, 6.07) is 15.7. The van der Waals surface area contributed by atoms with Crippen molar-refractivity contribution in [3.05, 3.63) is 59.9 Å². The van der Waals surface area contributed by atoms with Crippen molar-refractivity contribution in [2.45, 2.75) is 34.1 Å². The number of rotatable bonds is 1. The van der Waals surface area contributed by atoms with Gasteiger partial charge in [0.2, 0.25) is 0 Å². The molecule has 1 aromatic heterocycles. The number of aromatic nitrogens is 2. The largest absolute Gasteiger partial charge is 0.343 e. The summed E-state index contributed by atoms with van der Waals surface area (Å²) in [5.41, 5.74) is 9.10. The topological polar surface area (TPSA) is 20.0 Å². The van der Waals surface area contributed by atoms with Crippen LogP contribution in [0.4, 0.5) is 11.4 Å². The van der Waals surface area contributed by atoms with Crippen LogP contribution in [0, 0.1) is 12.3 Å². The predicted octanol–water partition coefficient (Wildman–Crippen LogP) is 5.86. The van der Waals surface area contributed by atoms with Gasteiger partial charge in [-0.05, 0) is 63.8 Å². The molecule has 5 rings (SSSR count). The van der Waals surface area contributed by atoms with E-state index in [9.17, 15) is 0 Å². The van der Waals surface area contributed by atoms with E-state index in [1.807, 2.05) is 6.33 Å². The zero-order valence-electron chi connectivity index (χ0n) is 18.2. The summed E-state index contributed by atoms with van der Waals surface area (Å²) in [5, 5.41) is 3.86. The highest BCUT2D eigenvalue weighted by molar-refractivity contribution is 6.12. The Labute approximate surface area is 172 Å². The first-order valence-electron chi connectivity index (χ1n) is 10.3. The zero-order valence-corrected chi connectivity index (χ0v) is 18.2. The average Bonchev–Trinajstić information content (AvgIpc) is 2.66. The van der Waals surface area contributed by atoms with Gasteiger partial charge >= 0.3 is 0 Å². The molecule has 0 radical (unpaired) electrons. The maximum absolute atomic E-state index is 4.81. The molecule has 3 heteroatoms. The number of anilines is 2. The number of aryl methyl sites for hydroxylation is 2. The molecule has 146 valence electrons. The van der Waals surface area contributed by atoms with Crippen molar-refractivity contribution in [2.75, 3.05) is 11.9 Å². The van der Waals surface area contributed by atoms with Gasteiger partial charge in [0, 0.05) is 12.6 Å². The minimum absolute atomic E-state index is 0.237. The van der Waals surface area contributed by atoms with Gasteiger partial charge in [-0.15, -0.1) is 0 Å². The fourth-order valence-electron chi connectivity index (χ4n) is 4.88. The molecule has 0 unspecified atom stereocenters. The van der Waals surface area contributed by atoms with Crippen LogP contribution in [0.15, 0.2) is 48.8 Å². The molecule has 0 aliphatic carbocycles. The van der Waals surface area contributed by atoms with E-state index in [1.54, 1.807) is 0 Å². The molecule has 0 atom stereocenters. The number of fused-ring (bicyclic) bond motifs is 3. The normalized spacial score (nSPS) is 13.2. The first-order chi connectivity index (χ1) is 13.7. The van der Waals surface area contributed by atoms with Crippen molar-refractivity contribution in [3.63, 3.8) is 0 Å². The third-order valence-corrected chi connectivity index (χ3v) is 6.10. The van der Waals surface area contributed by atoms with Crippen molar-refractivity contribution in [2.24, 2.45) is 12.5 Å². The second kappa shape index (κ2) is 6.03. The molecule has 29 heavy (non-hydrogen) atoms. The van der Waals surface area contributed by atoms with Crippen LogP contribution in [0.2, 0.25) is 0 Å². The maximum Gasteiger partial charge on any atom is 0.287 e. The van der Waals surface area contributed by atoms with E-state index in [1.165, 1.54) is 49.9 Å². The summed E-state index contributed by atoms with van der Waals surface area (Å²) >= 11 is 0. The molecule has 4 aromatic rings. The molecule has 0 saturated carbocycles. The maximum atomic E-state index is 4.81. The molecule has 0 fully saturated rings. The van der Waals surface area contributed by atoms with E-state index in [-0.39, 0.29) is 5.41 Å². The van der Waals surface area contributed by atoms with E-state index in [4.69, 9.17) is 4.98 Å². The van der Waals surface area contributed by atoms with Gasteiger partial charge in [-0.25, -0.2) is 4.57 Å². The molecular weight excluding hydrogens is 354 g/mol. The quantitative estimate of drug-likeness (QED) is 0.384. The van der Waals surface area contributed by atoms with Crippen LogP contribution in [-0.2, 0) is 13.5 Å². The standard InChI is InChI=1S/C26H28N3/c1-16-19-10-8-7-9-18(19)13-22-23(16)25-24-20(27-15-28(25)5)11-17(14-26(2,3)4)12-21(24)29(22)6/h7-13,15H,14H2,1-6H3/q+1. The monoisotopic (exact) mass is 382 g/mol. The summed E-state index contributed by atoms with van der Waals surface area (Å²) < 4.78 is 2.18. The minimum atomic E-state index is 0.237. The Morgan fingerprint density at radius 1 is 1.03 bits per heavy atom. The molecule has 2 heterocycles. The molecule has 0 saturated heterocycles. The van der Waals surface area contributed by atoms with Gasteiger partial charge in [0.25, 0.3) is 6.33 Å². The van der Waals surface area contributed by atoms with Crippen molar-refractivity contribution >= 4 is 33.1 Å². The highest BCUT2D eigenvalue weighted by Gasteiger charge is 2.31. The number of hydrogen-bond acceptors (Lipinski definition) is 2. The second-order valence-electron chi connectivity index (χ2n) is 9.63. The third kappa shape index (κ3) is 2.71. The van der Waals surface area contributed by atoms with E-state index < -0.39 is 0 Å². The van der Waals surface area contributed by atoms with Gasteiger partial charge in [-0.1, -0.05) is 45.0 Å². The summed E-state index contributed by atoms with van der Waals surface area (Å²) in [6.45, 7) is 9.13. The van der Waals surface area contributed by atoms with Crippen molar-refractivity contribution < 1.29 is 4.57 Å². The summed E-state index contributed by atoms with van der Waals surface area (Å²) in [6.07, 6.45) is 3.00. The molecule has 3 nitrogen and oxygen atoms in total. The van der Waals surface area contributed by atoms with Crippen molar-refractivity contribution in [3.8, 4) is 11.3 Å². The number of hydrogen-bond donors (Lipinski definition) is 0. The minimum Gasteiger partial charge on any atom is -0.343 e. The van der Waals surface area contributed by atoms with Crippen LogP contribution < -0.4 is 9.47 Å². The molecule has 0 bridgehead atoms. The average molecular weight is 383 g/mol. The first kappa shape index (κ1) is 18.1. The molecule has 0 amide bonds. The van der Waals surface area contributed by atoms with Gasteiger partial charge in [-0.3, -0.25) is 0 Å². The molecule has 1 aliphatic rings. The summed E-state index contributed by atoms with van der Waals surface area (Å²) in [5.74, 6) is 0. The highest BCUT2D eigenvalue weighted by atomic mass is 15.1. The van der Waals surface area contributed by atoms with Crippen LogP contribution in [0.5, 0.6) is 0 Å². The van der Waals surface area contributed by atoms with E-state index in [0.29, 0.717) is 0 Å². The smallest absolute Gasteiger partial charge is 0.287 e. The molecule has 3 aromatic carbocycles. The summed E-state index contributed by atoms with van der Waals surface area (Å²) in [4.78, 5) is 7.17. The van der Waals surface area contributed by atoms with Gasteiger partial charge in [0.05, 0.1) is 23.8 Å². The highest BCUT2D eigenvalue weighted by Crippen LogP contribution is 2.48. The molecular formula is C26H28N3+. The Bertz CT molecular complexity index is 1300. The molecule has 1 aliphatic heterocycles. The molecule has 0 N–H and O–H groups in total. The first-order valence-corrected chi connectivity index (χ1v) is 10.3. The third-order valence-electron chi connectivity index (χ3n) is 6.10. The summed E-state index contributed by atoms with van der Waals surface area (Å²) in [7, 11) is 4.30. The van der Waals surface area contributed by atoms with E-state index >= 15 is 0 Å². The van der Waals surface area contributed by atoms with E-state index in [0.717, 1.165) is 11.9 Å². The Balaban J connectivity index is 1.90. The number of benzene rings is 3. The fourth-order valence-corrected chi connectivity index (χ4v) is 4.88. The fraction of sp³-hybridized carbons (Fsp3) is 0.308. The SMILES string of the molecule is Cc1c2c(cc3ccccc13)N(C)c1cc(CC(C)(C)C)cc3nc[n+](C)c-2c13. The Morgan fingerprint density at radius 2 is 1.79 bits per heavy atom. The number of nitrogens with zero attached hydrogens (tertiary/aromatic N) is 3. The van der Waals surface area contributed by atoms with Crippen molar-refractivity contribution in [1.29, 1.82) is 0 Å². The van der Waals surface area contributed by atoms with Crippen LogP contribution in [-0.4, -0.2) is 12.0 Å². The van der Waals surface area contributed by atoms with Gasteiger partial charge in [0.1, 0.15) is 5.69 Å². The predicted molar refractivity (Wildman–Crippen MR) is 122 cm³/mol. The lowest BCUT2D eigenvalue weighted by molar-refractivity contribution is -0.662. The van der Waals surface area contributed by atoms with Crippen LogP contribution in [0.25, 0.3) is 32.9 Å². The lowest BCUT2D eigenvalue weighted by Crippen LogP contribution is -2.34. The van der Waals surface area contributed by atoms with Gasteiger partial charge < -0.3 is 4.90 Å². The van der Waals surface area contributed by atoms with Crippen LogP contribution in [0.1, 0.15) is 31.9 Å². The van der Waals surface area contributed by atoms with Gasteiger partial charge in [-0.2, -0.15) is 0 Å². The Morgan fingerprint density at radius 3 is 2.55 bits per heavy atom.